The number of benzene rings is 1. The fourth-order valence-corrected chi connectivity index (χ4v) is 2.92. The number of hydrogen-bond donors (Lipinski definition) is 1. The lowest BCUT2D eigenvalue weighted by Gasteiger charge is -2.35. The van der Waals surface area contributed by atoms with Gasteiger partial charge in [0.15, 0.2) is 5.96 Å². The quantitative estimate of drug-likeness (QED) is 0.678. The van der Waals surface area contributed by atoms with Gasteiger partial charge >= 0.3 is 0 Å². The monoisotopic (exact) mass is 289 g/mol. The maximum Gasteiger partial charge on any atom is 0.191 e. The minimum absolute atomic E-state index is 0.351. The molecule has 1 aromatic carbocycles. The Kier molecular flexibility index (Phi) is 4.29. The van der Waals surface area contributed by atoms with Gasteiger partial charge in [0.05, 0.1) is 26.4 Å². The van der Waals surface area contributed by atoms with Crippen LogP contribution in [0.15, 0.2) is 29.3 Å². The van der Waals surface area contributed by atoms with Crippen LogP contribution in [0.4, 0.5) is 0 Å². The van der Waals surface area contributed by atoms with E-state index in [1.54, 1.807) is 7.11 Å². The van der Waals surface area contributed by atoms with Crippen molar-refractivity contribution < 1.29 is 9.47 Å². The van der Waals surface area contributed by atoms with Crippen molar-refractivity contribution in [3.63, 3.8) is 0 Å². The number of nitrogens with two attached hydrogens (primary N) is 1. The Hall–Kier alpha value is -1.75. The van der Waals surface area contributed by atoms with Gasteiger partial charge in [0.1, 0.15) is 5.75 Å². The summed E-state index contributed by atoms with van der Waals surface area (Å²) < 4.78 is 10.6. The van der Waals surface area contributed by atoms with Gasteiger partial charge in [-0.05, 0) is 36.5 Å². The molecule has 1 aliphatic heterocycles. The third kappa shape index (κ3) is 3.29. The van der Waals surface area contributed by atoms with Crippen LogP contribution in [0.1, 0.15) is 24.3 Å². The Morgan fingerprint density at radius 1 is 1.33 bits per heavy atom. The number of rotatable bonds is 3. The molecule has 0 radical (unpaired) electrons. The van der Waals surface area contributed by atoms with E-state index in [0.29, 0.717) is 17.9 Å². The molecule has 3 rings (SSSR count). The first-order valence-corrected chi connectivity index (χ1v) is 7.56. The second-order valence-corrected chi connectivity index (χ2v) is 5.69. The molecule has 2 aliphatic rings. The van der Waals surface area contributed by atoms with Crippen molar-refractivity contribution in [1.29, 1.82) is 0 Å². The number of methoxy groups -OCH3 is 1. The highest BCUT2D eigenvalue weighted by Gasteiger charge is 2.31. The molecular formula is C16H23N3O2. The Bertz CT molecular complexity index is 506. The molecular weight excluding hydrogens is 266 g/mol. The highest BCUT2D eigenvalue weighted by atomic mass is 16.5. The summed E-state index contributed by atoms with van der Waals surface area (Å²) in [4.78, 5) is 6.77. The van der Waals surface area contributed by atoms with Crippen LogP contribution in [0.3, 0.4) is 0 Å². The average Bonchev–Trinajstić information content (AvgIpc) is 2.51. The van der Waals surface area contributed by atoms with Gasteiger partial charge in [-0.3, -0.25) is 0 Å². The van der Waals surface area contributed by atoms with Gasteiger partial charge in [-0.25, -0.2) is 4.99 Å². The molecule has 0 amide bonds. The van der Waals surface area contributed by atoms with Crippen LogP contribution in [0.2, 0.25) is 0 Å². The predicted molar refractivity (Wildman–Crippen MR) is 82.8 cm³/mol. The van der Waals surface area contributed by atoms with Crippen LogP contribution in [0, 0.1) is 0 Å². The van der Waals surface area contributed by atoms with Gasteiger partial charge in [-0.2, -0.15) is 0 Å². The number of nitrogens with zero attached hydrogens (tertiary/aromatic N) is 2. The number of ether oxygens (including phenoxy) is 2. The zero-order chi connectivity index (χ0) is 14.7. The lowest BCUT2D eigenvalue weighted by atomic mass is 9.76. The minimum atomic E-state index is 0.351. The molecule has 114 valence electrons. The third-order valence-corrected chi connectivity index (χ3v) is 4.33. The van der Waals surface area contributed by atoms with Gasteiger partial charge in [0.2, 0.25) is 0 Å². The maximum atomic E-state index is 6.09. The van der Waals surface area contributed by atoms with Gasteiger partial charge in [-0.1, -0.05) is 12.1 Å². The smallest absolute Gasteiger partial charge is 0.191 e. The predicted octanol–water partition coefficient (Wildman–Crippen LogP) is 1.59. The molecule has 1 saturated carbocycles. The van der Waals surface area contributed by atoms with E-state index in [-0.39, 0.29) is 0 Å². The number of aliphatic imine (C=N–C) groups is 1. The molecule has 1 aliphatic carbocycles. The Morgan fingerprint density at radius 2 is 2.10 bits per heavy atom. The summed E-state index contributed by atoms with van der Waals surface area (Å²) in [6.07, 6.45) is 2.14. The second kappa shape index (κ2) is 6.35. The van der Waals surface area contributed by atoms with Crippen molar-refractivity contribution in [1.82, 2.24) is 4.90 Å². The van der Waals surface area contributed by atoms with E-state index in [0.717, 1.165) is 44.9 Å². The molecule has 0 bridgehead atoms. The van der Waals surface area contributed by atoms with Gasteiger partial charge in [0.25, 0.3) is 0 Å². The zero-order valence-electron chi connectivity index (χ0n) is 12.5. The van der Waals surface area contributed by atoms with Gasteiger partial charge in [0, 0.05) is 13.1 Å². The first kappa shape index (κ1) is 14.2. The Balaban J connectivity index is 1.55. The summed E-state index contributed by atoms with van der Waals surface area (Å²) in [5.74, 6) is 2.17. The van der Waals surface area contributed by atoms with Crippen molar-refractivity contribution in [3.05, 3.63) is 29.8 Å². The SMILES string of the molecule is COc1cccc(C2CC(N=C(N)N3CCOCC3)C2)c1. The topological polar surface area (TPSA) is 60.1 Å². The van der Waals surface area contributed by atoms with Crippen LogP contribution in [-0.2, 0) is 4.74 Å². The van der Waals surface area contributed by atoms with Crippen molar-refractivity contribution in [2.45, 2.75) is 24.8 Å². The Morgan fingerprint density at radius 3 is 2.81 bits per heavy atom. The van der Waals surface area contributed by atoms with Crippen molar-refractivity contribution >= 4 is 5.96 Å². The van der Waals surface area contributed by atoms with E-state index in [9.17, 15) is 0 Å². The first-order valence-electron chi connectivity index (χ1n) is 7.56. The molecule has 1 aromatic rings. The zero-order valence-corrected chi connectivity index (χ0v) is 12.5. The second-order valence-electron chi connectivity index (χ2n) is 5.69. The molecule has 0 spiro atoms. The van der Waals surface area contributed by atoms with E-state index in [4.69, 9.17) is 15.2 Å². The minimum Gasteiger partial charge on any atom is -0.497 e. The number of morpholine rings is 1. The molecule has 0 aromatic heterocycles. The van der Waals surface area contributed by atoms with Gasteiger partial charge < -0.3 is 20.1 Å². The molecule has 1 heterocycles. The van der Waals surface area contributed by atoms with E-state index < -0.39 is 0 Å². The lowest BCUT2D eigenvalue weighted by Crippen LogP contribution is -2.46. The molecule has 1 saturated heterocycles. The summed E-state index contributed by atoms with van der Waals surface area (Å²) in [7, 11) is 1.70. The highest BCUT2D eigenvalue weighted by Crippen LogP contribution is 2.39. The number of hydrogen-bond acceptors (Lipinski definition) is 3. The summed E-state index contributed by atoms with van der Waals surface area (Å²) in [6, 6.07) is 8.67. The van der Waals surface area contributed by atoms with Crippen molar-refractivity contribution in [3.8, 4) is 5.75 Å². The van der Waals surface area contributed by atoms with Gasteiger partial charge in [-0.15, -0.1) is 0 Å². The summed E-state index contributed by atoms with van der Waals surface area (Å²) in [5.41, 5.74) is 7.43. The van der Waals surface area contributed by atoms with Crippen molar-refractivity contribution in [2.75, 3.05) is 33.4 Å². The van der Waals surface area contributed by atoms with Crippen LogP contribution in [-0.4, -0.2) is 50.3 Å². The van der Waals surface area contributed by atoms with Crippen LogP contribution in [0.5, 0.6) is 5.75 Å². The highest BCUT2D eigenvalue weighted by molar-refractivity contribution is 5.78. The first-order chi connectivity index (χ1) is 10.3. The fourth-order valence-electron chi connectivity index (χ4n) is 2.92. The largest absolute Gasteiger partial charge is 0.497 e. The van der Waals surface area contributed by atoms with Crippen LogP contribution >= 0.6 is 0 Å². The average molecular weight is 289 g/mol. The number of guanidine groups is 1. The molecule has 0 unspecified atom stereocenters. The molecule has 2 N–H and O–H groups in total. The third-order valence-electron chi connectivity index (χ3n) is 4.33. The molecule has 21 heavy (non-hydrogen) atoms. The van der Waals surface area contributed by atoms with E-state index >= 15 is 0 Å². The summed E-state index contributed by atoms with van der Waals surface area (Å²) in [6.45, 7) is 3.18. The van der Waals surface area contributed by atoms with E-state index in [1.807, 2.05) is 12.1 Å². The summed E-state index contributed by atoms with van der Waals surface area (Å²) in [5, 5.41) is 0. The van der Waals surface area contributed by atoms with E-state index in [1.165, 1.54) is 5.56 Å². The maximum absolute atomic E-state index is 6.09. The normalized spacial score (nSPS) is 26.3. The Labute approximate surface area is 125 Å². The molecule has 2 fully saturated rings. The lowest BCUT2D eigenvalue weighted by molar-refractivity contribution is 0.0671. The molecule has 5 nitrogen and oxygen atoms in total. The van der Waals surface area contributed by atoms with Crippen LogP contribution < -0.4 is 10.5 Å². The fraction of sp³-hybridized carbons (Fsp3) is 0.562. The van der Waals surface area contributed by atoms with Crippen molar-refractivity contribution in [2.24, 2.45) is 10.7 Å². The summed E-state index contributed by atoms with van der Waals surface area (Å²) >= 11 is 0. The standard InChI is InChI=1S/C16H23N3O2/c1-20-15-4-2-3-12(11-15)13-9-14(10-13)18-16(17)19-5-7-21-8-6-19/h2-4,11,13-14H,5-10H2,1H3,(H2,17,18). The van der Waals surface area contributed by atoms with Crippen LogP contribution in [0.25, 0.3) is 0 Å². The molecule has 0 atom stereocenters. The molecule has 5 heteroatoms. The van der Waals surface area contributed by atoms with E-state index in [2.05, 4.69) is 22.0 Å².